The third kappa shape index (κ3) is 3.23. The molecule has 1 aliphatic rings. The number of carbonyl (C=O) groups is 2. The summed E-state index contributed by atoms with van der Waals surface area (Å²) in [5.41, 5.74) is 0.388. The second-order valence-corrected chi connectivity index (χ2v) is 6.39. The van der Waals surface area contributed by atoms with E-state index in [9.17, 15) is 14.7 Å². The van der Waals surface area contributed by atoms with Crippen LogP contribution < -0.4 is 5.32 Å². The minimum absolute atomic E-state index is 0.106. The highest BCUT2D eigenvalue weighted by Crippen LogP contribution is 2.44. The number of hydrogen-bond donors (Lipinski definition) is 2. The van der Waals surface area contributed by atoms with Crippen molar-refractivity contribution in [1.29, 1.82) is 0 Å². The molecule has 0 spiro atoms. The predicted octanol–water partition coefficient (Wildman–Crippen LogP) is 2.79. The van der Waals surface area contributed by atoms with Crippen LogP contribution in [0.2, 0.25) is 0 Å². The number of aryl methyl sites for hydroxylation is 1. The molecular formula is C18H22N2O3. The zero-order valence-corrected chi connectivity index (χ0v) is 13.1. The average molecular weight is 314 g/mol. The number of para-hydroxylation sites is 1. The fourth-order valence-corrected chi connectivity index (χ4v) is 3.25. The molecule has 0 atom stereocenters. The van der Waals surface area contributed by atoms with Gasteiger partial charge in [0, 0.05) is 31.2 Å². The van der Waals surface area contributed by atoms with Crippen molar-refractivity contribution in [3.05, 3.63) is 36.5 Å². The van der Waals surface area contributed by atoms with Crippen LogP contribution in [0.1, 0.15) is 32.1 Å². The first kappa shape index (κ1) is 15.6. The SMILES string of the molecule is O=C(CC1(C(=O)O)CCC1)NCCCn1ccc2ccccc21. The van der Waals surface area contributed by atoms with Crippen LogP contribution in [0.4, 0.5) is 0 Å². The second kappa shape index (κ2) is 6.44. The quantitative estimate of drug-likeness (QED) is 0.772. The van der Waals surface area contributed by atoms with Crippen molar-refractivity contribution in [2.75, 3.05) is 6.54 Å². The Labute approximate surface area is 135 Å². The van der Waals surface area contributed by atoms with Gasteiger partial charge in [0.15, 0.2) is 0 Å². The van der Waals surface area contributed by atoms with Gasteiger partial charge in [-0.25, -0.2) is 0 Å². The van der Waals surface area contributed by atoms with Crippen LogP contribution in [0.5, 0.6) is 0 Å². The summed E-state index contributed by atoms with van der Waals surface area (Å²) >= 11 is 0. The topological polar surface area (TPSA) is 71.3 Å². The maximum Gasteiger partial charge on any atom is 0.310 e. The predicted molar refractivity (Wildman–Crippen MR) is 88.1 cm³/mol. The lowest BCUT2D eigenvalue weighted by Crippen LogP contribution is -2.42. The molecule has 5 nitrogen and oxygen atoms in total. The Hall–Kier alpha value is -2.30. The lowest BCUT2D eigenvalue weighted by atomic mass is 9.66. The molecule has 0 unspecified atom stereocenters. The molecule has 1 aliphatic carbocycles. The van der Waals surface area contributed by atoms with E-state index in [1.165, 1.54) is 10.9 Å². The van der Waals surface area contributed by atoms with Crippen molar-refractivity contribution in [2.24, 2.45) is 5.41 Å². The number of aliphatic carboxylic acids is 1. The van der Waals surface area contributed by atoms with Crippen LogP contribution in [0.15, 0.2) is 36.5 Å². The van der Waals surface area contributed by atoms with E-state index in [1.807, 2.05) is 12.1 Å². The van der Waals surface area contributed by atoms with Crippen molar-refractivity contribution in [2.45, 2.75) is 38.6 Å². The van der Waals surface area contributed by atoms with Crippen molar-refractivity contribution in [3.63, 3.8) is 0 Å². The van der Waals surface area contributed by atoms with Gasteiger partial charge in [-0.05, 0) is 36.8 Å². The van der Waals surface area contributed by atoms with Gasteiger partial charge in [-0.1, -0.05) is 24.6 Å². The van der Waals surface area contributed by atoms with E-state index >= 15 is 0 Å². The molecule has 1 fully saturated rings. The zero-order chi connectivity index (χ0) is 16.3. The van der Waals surface area contributed by atoms with E-state index < -0.39 is 11.4 Å². The maximum atomic E-state index is 11.9. The van der Waals surface area contributed by atoms with Crippen LogP contribution in [-0.4, -0.2) is 28.1 Å². The Bertz CT molecular complexity index is 716. The molecule has 1 aromatic carbocycles. The van der Waals surface area contributed by atoms with Crippen molar-refractivity contribution >= 4 is 22.8 Å². The standard InChI is InChI=1S/C18H22N2O3/c21-16(13-18(17(22)23)8-3-9-18)19-10-4-11-20-12-7-14-5-1-2-6-15(14)20/h1-2,5-7,12H,3-4,8-11,13H2,(H,19,21)(H,22,23). The van der Waals surface area contributed by atoms with Gasteiger partial charge < -0.3 is 15.0 Å². The molecule has 1 heterocycles. The first-order chi connectivity index (χ1) is 11.1. The molecule has 0 radical (unpaired) electrons. The number of carboxylic acid groups (broad SMARTS) is 1. The zero-order valence-electron chi connectivity index (χ0n) is 13.1. The number of fused-ring (bicyclic) bond motifs is 1. The molecule has 1 amide bonds. The normalized spacial score (nSPS) is 16.0. The summed E-state index contributed by atoms with van der Waals surface area (Å²) in [5.74, 6) is -0.984. The molecular weight excluding hydrogens is 292 g/mol. The van der Waals surface area contributed by atoms with Crippen molar-refractivity contribution < 1.29 is 14.7 Å². The molecule has 0 aliphatic heterocycles. The number of nitrogens with one attached hydrogen (secondary N) is 1. The Morgan fingerprint density at radius 3 is 2.70 bits per heavy atom. The maximum absolute atomic E-state index is 11.9. The van der Waals surface area contributed by atoms with Crippen molar-refractivity contribution in [3.8, 4) is 0 Å². The van der Waals surface area contributed by atoms with Crippen LogP contribution >= 0.6 is 0 Å². The summed E-state index contributed by atoms with van der Waals surface area (Å²) in [4.78, 5) is 23.2. The highest BCUT2D eigenvalue weighted by Gasteiger charge is 2.45. The molecule has 0 saturated heterocycles. The number of nitrogens with zero attached hydrogens (tertiary/aromatic N) is 1. The van der Waals surface area contributed by atoms with Gasteiger partial charge in [-0.3, -0.25) is 9.59 Å². The third-order valence-electron chi connectivity index (χ3n) is 4.84. The molecule has 2 aromatic rings. The van der Waals surface area contributed by atoms with E-state index in [0.717, 1.165) is 19.4 Å². The third-order valence-corrected chi connectivity index (χ3v) is 4.84. The minimum Gasteiger partial charge on any atom is -0.481 e. The molecule has 3 rings (SSSR count). The number of carboxylic acids is 1. The van der Waals surface area contributed by atoms with Crippen molar-refractivity contribution in [1.82, 2.24) is 9.88 Å². The molecule has 1 aromatic heterocycles. The molecule has 5 heteroatoms. The average Bonchev–Trinajstić information content (AvgIpc) is 2.90. The van der Waals surface area contributed by atoms with E-state index in [-0.39, 0.29) is 12.3 Å². The summed E-state index contributed by atoms with van der Waals surface area (Å²) in [6.45, 7) is 1.40. The van der Waals surface area contributed by atoms with E-state index in [0.29, 0.717) is 19.4 Å². The lowest BCUT2D eigenvalue weighted by Gasteiger charge is -2.36. The fraction of sp³-hybridized carbons (Fsp3) is 0.444. The Morgan fingerprint density at radius 1 is 1.22 bits per heavy atom. The minimum atomic E-state index is -0.835. The van der Waals surface area contributed by atoms with Gasteiger partial charge >= 0.3 is 5.97 Å². The van der Waals surface area contributed by atoms with Crippen LogP contribution in [0, 0.1) is 5.41 Å². The Balaban J connectivity index is 1.45. The summed E-state index contributed by atoms with van der Waals surface area (Å²) in [7, 11) is 0. The number of aromatic nitrogens is 1. The highest BCUT2D eigenvalue weighted by molar-refractivity contribution is 5.85. The van der Waals surface area contributed by atoms with Gasteiger partial charge in [0.25, 0.3) is 0 Å². The van der Waals surface area contributed by atoms with Gasteiger partial charge in [0.1, 0.15) is 0 Å². The first-order valence-electron chi connectivity index (χ1n) is 8.15. The largest absolute Gasteiger partial charge is 0.481 e. The second-order valence-electron chi connectivity index (χ2n) is 6.39. The van der Waals surface area contributed by atoms with Crippen LogP contribution in [-0.2, 0) is 16.1 Å². The number of rotatable bonds is 7. The summed E-state index contributed by atoms with van der Waals surface area (Å²) in [6.07, 6.45) is 5.12. The summed E-state index contributed by atoms with van der Waals surface area (Å²) in [5, 5.41) is 13.3. The highest BCUT2D eigenvalue weighted by atomic mass is 16.4. The van der Waals surface area contributed by atoms with Crippen LogP contribution in [0.25, 0.3) is 10.9 Å². The van der Waals surface area contributed by atoms with Crippen LogP contribution in [0.3, 0.4) is 0 Å². The number of hydrogen-bond acceptors (Lipinski definition) is 2. The molecule has 1 saturated carbocycles. The number of amides is 1. The van der Waals surface area contributed by atoms with E-state index in [2.05, 4.69) is 34.3 Å². The van der Waals surface area contributed by atoms with Gasteiger partial charge in [-0.2, -0.15) is 0 Å². The molecule has 0 bridgehead atoms. The first-order valence-corrected chi connectivity index (χ1v) is 8.15. The molecule has 122 valence electrons. The van der Waals surface area contributed by atoms with Gasteiger partial charge in [0.05, 0.1) is 5.41 Å². The van der Waals surface area contributed by atoms with Gasteiger partial charge in [0.2, 0.25) is 5.91 Å². The lowest BCUT2D eigenvalue weighted by molar-refractivity contribution is -0.157. The Morgan fingerprint density at radius 2 is 2.00 bits per heavy atom. The fourth-order valence-electron chi connectivity index (χ4n) is 3.25. The van der Waals surface area contributed by atoms with E-state index in [4.69, 9.17) is 0 Å². The van der Waals surface area contributed by atoms with Gasteiger partial charge in [-0.15, -0.1) is 0 Å². The summed E-state index contributed by atoms with van der Waals surface area (Å²) in [6, 6.07) is 10.3. The number of carbonyl (C=O) groups excluding carboxylic acids is 1. The monoisotopic (exact) mass is 314 g/mol. The molecule has 2 N–H and O–H groups in total. The number of benzene rings is 1. The smallest absolute Gasteiger partial charge is 0.310 e. The van der Waals surface area contributed by atoms with E-state index in [1.54, 1.807) is 0 Å². The Kier molecular flexibility index (Phi) is 4.37. The molecule has 23 heavy (non-hydrogen) atoms. The summed E-state index contributed by atoms with van der Waals surface area (Å²) < 4.78 is 2.17.